The molecule has 28 heavy (non-hydrogen) atoms. The lowest BCUT2D eigenvalue weighted by atomic mass is 9.96. The normalized spacial score (nSPS) is 18.6. The molecule has 0 bridgehead atoms. The van der Waals surface area contributed by atoms with Gasteiger partial charge in [-0.15, -0.1) is 0 Å². The molecule has 0 spiro atoms. The maximum atomic E-state index is 10.0. The number of hydrogen-bond acceptors (Lipinski definition) is 5. The molecule has 5 heteroatoms. The molecule has 1 saturated carbocycles. The molecule has 1 aliphatic heterocycles. The molecule has 0 radical (unpaired) electrons. The Kier molecular flexibility index (Phi) is 8.12. The van der Waals surface area contributed by atoms with Crippen LogP contribution in [0.2, 0.25) is 0 Å². The van der Waals surface area contributed by atoms with Crippen LogP contribution < -0.4 is 5.32 Å². The minimum absolute atomic E-state index is 0.176. The van der Waals surface area contributed by atoms with Crippen LogP contribution in [0.3, 0.4) is 0 Å². The molecule has 2 aliphatic rings. The molecule has 1 unspecified atom stereocenters. The van der Waals surface area contributed by atoms with Crippen LogP contribution >= 0.6 is 0 Å². The van der Waals surface area contributed by atoms with E-state index >= 15 is 0 Å². The summed E-state index contributed by atoms with van der Waals surface area (Å²) in [7, 11) is 0. The Morgan fingerprint density at radius 1 is 1.25 bits per heavy atom. The number of rotatable bonds is 13. The van der Waals surface area contributed by atoms with Crippen LogP contribution in [-0.4, -0.2) is 60.5 Å². The highest BCUT2D eigenvalue weighted by molar-refractivity contribution is 5.46. The number of pyridine rings is 1. The van der Waals surface area contributed by atoms with E-state index in [9.17, 15) is 5.11 Å². The van der Waals surface area contributed by atoms with E-state index in [4.69, 9.17) is 9.72 Å². The lowest BCUT2D eigenvalue weighted by Crippen LogP contribution is -2.33. The summed E-state index contributed by atoms with van der Waals surface area (Å²) < 4.78 is 5.58. The summed E-state index contributed by atoms with van der Waals surface area (Å²) in [6, 6.07) is 4.46. The first-order valence-corrected chi connectivity index (χ1v) is 11.3. The molecule has 2 heterocycles. The second-order valence-electron chi connectivity index (χ2n) is 8.62. The Hall–Kier alpha value is -1.17. The highest BCUT2D eigenvalue weighted by Gasteiger charge is 2.46. The summed E-state index contributed by atoms with van der Waals surface area (Å²) in [4.78, 5) is 7.34. The molecule has 2 N–H and O–H groups in total. The van der Waals surface area contributed by atoms with Gasteiger partial charge in [0.15, 0.2) is 0 Å². The Morgan fingerprint density at radius 3 is 2.86 bits per heavy atom. The number of aryl methyl sites for hydroxylation is 2. The van der Waals surface area contributed by atoms with E-state index in [1.807, 2.05) is 6.92 Å². The minimum Gasteiger partial charge on any atom is -0.393 e. The molecular weight excluding hydrogens is 350 g/mol. The summed E-state index contributed by atoms with van der Waals surface area (Å²) in [6.07, 6.45) is 9.05. The zero-order valence-corrected chi connectivity index (χ0v) is 17.9. The number of ether oxygens (including phenoxy) is 1. The number of aromatic nitrogens is 1. The number of aliphatic hydroxyl groups excluding tert-OH is 1. The number of aliphatic hydroxyl groups is 1. The zero-order valence-electron chi connectivity index (χ0n) is 17.9. The number of unbranched alkanes of at least 4 members (excludes halogenated alkanes) is 1. The van der Waals surface area contributed by atoms with Crippen molar-refractivity contribution >= 4 is 5.82 Å². The van der Waals surface area contributed by atoms with Gasteiger partial charge >= 0.3 is 0 Å². The number of anilines is 1. The number of nitrogens with one attached hydrogen (secondary N) is 1. The quantitative estimate of drug-likeness (QED) is 0.504. The molecular formula is C23H39N3O2. The van der Waals surface area contributed by atoms with E-state index in [0.717, 1.165) is 64.5 Å². The molecule has 1 aliphatic carbocycles. The van der Waals surface area contributed by atoms with Crippen molar-refractivity contribution in [2.45, 2.75) is 71.3 Å². The third kappa shape index (κ3) is 6.16. The smallest absolute Gasteiger partial charge is 0.129 e. The molecule has 1 fully saturated rings. The van der Waals surface area contributed by atoms with Gasteiger partial charge in [0.05, 0.1) is 12.7 Å². The second-order valence-corrected chi connectivity index (χ2v) is 8.62. The van der Waals surface area contributed by atoms with Gasteiger partial charge in [0, 0.05) is 25.4 Å². The molecule has 5 nitrogen and oxygen atoms in total. The van der Waals surface area contributed by atoms with Gasteiger partial charge in [-0.05, 0) is 95.3 Å². The van der Waals surface area contributed by atoms with Crippen LogP contribution in [0, 0.1) is 5.41 Å². The van der Waals surface area contributed by atoms with Crippen LogP contribution in [0.4, 0.5) is 5.82 Å². The molecule has 0 amide bonds. The van der Waals surface area contributed by atoms with Crippen LogP contribution in [0.1, 0.15) is 63.6 Å². The highest BCUT2D eigenvalue weighted by Crippen LogP contribution is 2.51. The lowest BCUT2D eigenvalue weighted by molar-refractivity contribution is 0.0812. The van der Waals surface area contributed by atoms with Crippen molar-refractivity contribution in [3.8, 4) is 0 Å². The summed E-state index contributed by atoms with van der Waals surface area (Å²) >= 11 is 0. The first-order valence-electron chi connectivity index (χ1n) is 11.3. The van der Waals surface area contributed by atoms with E-state index in [1.165, 1.54) is 43.4 Å². The van der Waals surface area contributed by atoms with Crippen LogP contribution in [0.5, 0.6) is 0 Å². The van der Waals surface area contributed by atoms with Crippen molar-refractivity contribution in [2.75, 3.05) is 44.7 Å². The minimum atomic E-state index is -0.176. The topological polar surface area (TPSA) is 57.6 Å². The first kappa shape index (κ1) is 21.5. The van der Waals surface area contributed by atoms with E-state index < -0.39 is 0 Å². The zero-order chi connectivity index (χ0) is 19.8. The van der Waals surface area contributed by atoms with Gasteiger partial charge in [-0.3, -0.25) is 0 Å². The number of hydrogen-bond donors (Lipinski definition) is 2. The van der Waals surface area contributed by atoms with Crippen LogP contribution in [0.25, 0.3) is 0 Å². The summed E-state index contributed by atoms with van der Waals surface area (Å²) in [6.45, 7) is 9.80. The third-order valence-corrected chi connectivity index (χ3v) is 6.57. The van der Waals surface area contributed by atoms with Crippen molar-refractivity contribution in [3.63, 3.8) is 0 Å². The second kappa shape index (κ2) is 10.6. The van der Waals surface area contributed by atoms with E-state index in [2.05, 4.69) is 29.3 Å². The predicted octanol–water partition coefficient (Wildman–Crippen LogP) is 3.65. The molecule has 3 rings (SSSR count). The van der Waals surface area contributed by atoms with Gasteiger partial charge in [-0.2, -0.15) is 0 Å². The fraction of sp³-hybridized carbons (Fsp3) is 0.783. The number of nitrogens with zero attached hydrogens (tertiary/aromatic N) is 2. The number of fused-ring (bicyclic) bond motifs is 1. The van der Waals surface area contributed by atoms with Crippen molar-refractivity contribution in [1.82, 2.24) is 9.88 Å². The van der Waals surface area contributed by atoms with Crippen molar-refractivity contribution in [2.24, 2.45) is 5.41 Å². The molecule has 1 atom stereocenters. The fourth-order valence-corrected chi connectivity index (χ4v) is 4.24. The maximum Gasteiger partial charge on any atom is 0.129 e. The first-order chi connectivity index (χ1) is 13.6. The summed E-state index contributed by atoms with van der Waals surface area (Å²) in [5.74, 6) is 1.11. The molecule has 0 saturated heterocycles. The Balaban J connectivity index is 1.41. The highest BCUT2D eigenvalue weighted by atomic mass is 16.5. The Morgan fingerprint density at radius 2 is 2.11 bits per heavy atom. The summed E-state index contributed by atoms with van der Waals surface area (Å²) in [5, 5.41) is 13.5. The van der Waals surface area contributed by atoms with E-state index in [0.29, 0.717) is 0 Å². The SMILES string of the molecule is CCOCCN(CCCCc1ccc2c(n1)NCCC2)CCC1(C(C)O)CC1. The monoisotopic (exact) mass is 389 g/mol. The molecule has 1 aromatic rings. The van der Waals surface area contributed by atoms with Crippen LogP contribution in [-0.2, 0) is 17.6 Å². The van der Waals surface area contributed by atoms with Gasteiger partial charge < -0.3 is 20.1 Å². The van der Waals surface area contributed by atoms with Crippen LogP contribution in [0.15, 0.2) is 12.1 Å². The van der Waals surface area contributed by atoms with Gasteiger partial charge in [-0.1, -0.05) is 6.07 Å². The standard InChI is InChI=1S/C23H39N3O2/c1-3-28-18-17-26(16-13-23(11-12-23)19(2)27)15-5-4-8-21-10-9-20-7-6-14-24-22(20)25-21/h9-10,19,27H,3-8,11-18H2,1-2H3,(H,24,25). The Bertz CT molecular complexity index is 602. The average molecular weight is 390 g/mol. The van der Waals surface area contributed by atoms with Gasteiger partial charge in [0.25, 0.3) is 0 Å². The van der Waals surface area contributed by atoms with E-state index in [1.54, 1.807) is 0 Å². The Labute approximate surface area is 170 Å². The largest absolute Gasteiger partial charge is 0.393 e. The van der Waals surface area contributed by atoms with Crippen molar-refractivity contribution < 1.29 is 9.84 Å². The fourth-order valence-electron chi connectivity index (χ4n) is 4.24. The summed E-state index contributed by atoms with van der Waals surface area (Å²) in [5.41, 5.74) is 2.77. The van der Waals surface area contributed by atoms with Gasteiger partial charge in [-0.25, -0.2) is 4.98 Å². The van der Waals surface area contributed by atoms with Gasteiger partial charge in [0.1, 0.15) is 5.82 Å². The maximum absolute atomic E-state index is 10.0. The molecule has 1 aromatic heterocycles. The molecule has 0 aromatic carbocycles. The third-order valence-electron chi connectivity index (χ3n) is 6.57. The van der Waals surface area contributed by atoms with Gasteiger partial charge in [0.2, 0.25) is 0 Å². The molecule has 158 valence electrons. The van der Waals surface area contributed by atoms with E-state index in [-0.39, 0.29) is 11.5 Å². The van der Waals surface area contributed by atoms with Crippen molar-refractivity contribution in [3.05, 3.63) is 23.4 Å². The predicted molar refractivity (Wildman–Crippen MR) is 115 cm³/mol. The van der Waals surface area contributed by atoms with Crippen molar-refractivity contribution in [1.29, 1.82) is 0 Å². The average Bonchev–Trinajstić information content (AvgIpc) is 3.50. The lowest BCUT2D eigenvalue weighted by Gasteiger charge is -2.26.